The van der Waals surface area contributed by atoms with Crippen LogP contribution in [0.4, 0.5) is 8.78 Å². The van der Waals surface area contributed by atoms with Gasteiger partial charge in [-0.3, -0.25) is 4.79 Å². The van der Waals surface area contributed by atoms with Crippen molar-refractivity contribution in [1.82, 2.24) is 0 Å². The molecule has 166 valence electrons. The van der Waals surface area contributed by atoms with Crippen LogP contribution in [0.25, 0.3) is 10.8 Å². The zero-order chi connectivity index (χ0) is 22.4. The predicted octanol–water partition coefficient (Wildman–Crippen LogP) is 6.50. The summed E-state index contributed by atoms with van der Waals surface area (Å²) in [5, 5.41) is 0.300. The second-order valence-electron chi connectivity index (χ2n) is 8.11. The van der Waals surface area contributed by atoms with E-state index in [1.54, 1.807) is 0 Å². The van der Waals surface area contributed by atoms with Gasteiger partial charge in [-0.15, -0.1) is 0 Å². The molecular weight excluding hydrogens is 402 g/mol. The molecule has 2 aromatic rings. The van der Waals surface area contributed by atoms with E-state index in [0.717, 1.165) is 37.8 Å². The zero-order valence-corrected chi connectivity index (χ0v) is 17.8. The topological polar surface area (TPSA) is 52.6 Å². The van der Waals surface area contributed by atoms with Gasteiger partial charge >= 0.3 is 11.9 Å². The minimum absolute atomic E-state index is 0.113. The van der Waals surface area contributed by atoms with Crippen LogP contribution in [0.1, 0.15) is 58.3 Å². The summed E-state index contributed by atoms with van der Waals surface area (Å²) in [7, 11) is 0. The highest BCUT2D eigenvalue weighted by Gasteiger charge is 2.28. The molecule has 2 aromatic carbocycles. The first-order chi connectivity index (χ1) is 14.9. The summed E-state index contributed by atoms with van der Waals surface area (Å²) < 4.78 is 38.9. The fourth-order valence-electron chi connectivity index (χ4n) is 4.20. The van der Waals surface area contributed by atoms with Gasteiger partial charge in [-0.1, -0.05) is 51.3 Å². The van der Waals surface area contributed by atoms with Crippen LogP contribution in [0.5, 0.6) is 11.5 Å². The molecule has 1 saturated carbocycles. The molecule has 0 unspecified atom stereocenters. The van der Waals surface area contributed by atoms with Gasteiger partial charge in [0.25, 0.3) is 0 Å². The van der Waals surface area contributed by atoms with Crippen molar-refractivity contribution in [1.29, 1.82) is 0 Å². The minimum Gasteiger partial charge on any atom is -0.426 e. The third-order valence-electron chi connectivity index (χ3n) is 5.97. The zero-order valence-electron chi connectivity index (χ0n) is 17.8. The number of unbranched alkanes of at least 4 members (excludes halogenated alkanes) is 2. The van der Waals surface area contributed by atoms with Gasteiger partial charge in [-0.2, -0.15) is 4.39 Å². The van der Waals surface area contributed by atoms with E-state index in [9.17, 15) is 18.4 Å². The lowest BCUT2D eigenvalue weighted by atomic mass is 9.80. The Hall–Kier alpha value is -2.76. The summed E-state index contributed by atoms with van der Waals surface area (Å²) in [6, 6.07) is 5.48. The summed E-state index contributed by atoms with van der Waals surface area (Å²) in [6.07, 6.45) is 9.27. The van der Waals surface area contributed by atoms with Crippen molar-refractivity contribution in [2.24, 2.45) is 11.8 Å². The lowest BCUT2D eigenvalue weighted by molar-refractivity contribution is -0.140. The molecule has 0 bridgehead atoms. The maximum atomic E-state index is 14.3. The average Bonchev–Trinajstić information content (AvgIpc) is 2.78. The van der Waals surface area contributed by atoms with Crippen molar-refractivity contribution < 1.29 is 27.8 Å². The van der Waals surface area contributed by atoms with Gasteiger partial charge < -0.3 is 9.47 Å². The van der Waals surface area contributed by atoms with Crippen molar-refractivity contribution in [3.63, 3.8) is 0 Å². The molecule has 0 aliphatic heterocycles. The lowest BCUT2D eigenvalue weighted by Crippen LogP contribution is -2.25. The summed E-state index contributed by atoms with van der Waals surface area (Å²) in [6.45, 7) is 5.45. The van der Waals surface area contributed by atoms with Gasteiger partial charge in [-0.05, 0) is 43.7 Å². The summed E-state index contributed by atoms with van der Waals surface area (Å²) in [5.41, 5.74) is 0. The van der Waals surface area contributed by atoms with Crippen molar-refractivity contribution in [2.75, 3.05) is 0 Å². The number of halogens is 2. The van der Waals surface area contributed by atoms with Crippen LogP contribution in [0.15, 0.2) is 36.9 Å². The van der Waals surface area contributed by atoms with Crippen LogP contribution in [0, 0.1) is 23.5 Å². The number of fused-ring (bicyclic) bond motifs is 1. The Morgan fingerprint density at radius 1 is 1.10 bits per heavy atom. The number of carbonyl (C=O) groups excluding carboxylic acids is 2. The number of rotatable bonds is 8. The minimum atomic E-state index is -1.28. The molecule has 31 heavy (non-hydrogen) atoms. The highest BCUT2D eigenvalue weighted by atomic mass is 19.2. The molecule has 1 aliphatic rings. The SMILES string of the molecule is C=CC(=O)Oc1c(F)c(F)cc2c(OC(=O)C3CCC(CCCCC)CC3)cccc12. The normalized spacial score (nSPS) is 18.5. The predicted molar refractivity (Wildman–Crippen MR) is 115 cm³/mol. The van der Waals surface area contributed by atoms with Gasteiger partial charge in [0.2, 0.25) is 5.82 Å². The molecule has 1 fully saturated rings. The smallest absolute Gasteiger partial charge is 0.335 e. The van der Waals surface area contributed by atoms with Crippen LogP contribution >= 0.6 is 0 Å². The van der Waals surface area contributed by atoms with Crippen LogP contribution in [-0.4, -0.2) is 11.9 Å². The van der Waals surface area contributed by atoms with E-state index in [2.05, 4.69) is 13.5 Å². The first kappa shape index (κ1) is 22.9. The molecule has 0 spiro atoms. The van der Waals surface area contributed by atoms with Crippen molar-refractivity contribution in [3.8, 4) is 11.5 Å². The average molecular weight is 430 g/mol. The van der Waals surface area contributed by atoms with E-state index in [0.29, 0.717) is 5.92 Å². The van der Waals surface area contributed by atoms with Crippen molar-refractivity contribution >= 4 is 22.7 Å². The van der Waals surface area contributed by atoms with E-state index >= 15 is 0 Å². The van der Waals surface area contributed by atoms with Crippen LogP contribution < -0.4 is 9.47 Å². The largest absolute Gasteiger partial charge is 0.426 e. The van der Waals surface area contributed by atoms with Gasteiger partial charge in [0, 0.05) is 16.8 Å². The summed E-state index contributed by atoms with van der Waals surface area (Å²) in [5.74, 6) is -3.75. The first-order valence-electron chi connectivity index (χ1n) is 10.9. The highest BCUT2D eigenvalue weighted by molar-refractivity contribution is 5.97. The molecule has 0 heterocycles. The van der Waals surface area contributed by atoms with Gasteiger partial charge in [-0.25, -0.2) is 9.18 Å². The number of benzene rings is 2. The highest BCUT2D eigenvalue weighted by Crippen LogP contribution is 2.38. The molecule has 0 amide bonds. The first-order valence-corrected chi connectivity index (χ1v) is 10.9. The monoisotopic (exact) mass is 430 g/mol. The number of esters is 2. The second kappa shape index (κ2) is 10.5. The Morgan fingerprint density at radius 2 is 1.84 bits per heavy atom. The second-order valence-corrected chi connectivity index (χ2v) is 8.11. The lowest BCUT2D eigenvalue weighted by Gasteiger charge is -2.27. The molecule has 0 N–H and O–H groups in total. The molecule has 0 atom stereocenters. The molecular formula is C25H28F2O4. The maximum Gasteiger partial charge on any atom is 0.335 e. The molecule has 0 radical (unpaired) electrons. The summed E-state index contributed by atoms with van der Waals surface area (Å²) >= 11 is 0. The molecule has 6 heteroatoms. The molecule has 1 aliphatic carbocycles. The van der Waals surface area contributed by atoms with Crippen molar-refractivity contribution in [2.45, 2.75) is 58.3 Å². The standard InChI is InChI=1S/C25H28F2O4/c1-3-5-6-8-16-11-13-17(14-12-16)25(29)30-21-10-7-9-18-19(21)15-20(26)23(27)24(18)31-22(28)4-2/h4,7,9-10,15-17H,2-3,5-6,8,11-14H2,1H3. The quantitative estimate of drug-likeness (QED) is 0.208. The molecule has 3 rings (SSSR count). The van der Waals surface area contributed by atoms with Crippen LogP contribution in [-0.2, 0) is 9.59 Å². The Morgan fingerprint density at radius 3 is 2.52 bits per heavy atom. The van der Waals surface area contributed by atoms with E-state index in [1.165, 1.54) is 43.9 Å². The van der Waals surface area contributed by atoms with Crippen molar-refractivity contribution in [3.05, 3.63) is 48.6 Å². The van der Waals surface area contributed by atoms with E-state index in [1.807, 2.05) is 0 Å². The Balaban J connectivity index is 1.75. The number of hydrogen-bond donors (Lipinski definition) is 0. The van der Waals surface area contributed by atoms with Gasteiger partial charge in [0.1, 0.15) is 5.75 Å². The van der Waals surface area contributed by atoms with Crippen LogP contribution in [0.2, 0.25) is 0 Å². The Labute approximate surface area is 181 Å². The Kier molecular flexibility index (Phi) is 7.77. The number of ether oxygens (including phenoxy) is 2. The van der Waals surface area contributed by atoms with Crippen LogP contribution in [0.3, 0.4) is 0 Å². The fourth-order valence-corrected chi connectivity index (χ4v) is 4.20. The third-order valence-corrected chi connectivity index (χ3v) is 5.97. The van der Waals surface area contributed by atoms with Gasteiger partial charge in [0.15, 0.2) is 11.6 Å². The maximum absolute atomic E-state index is 14.3. The van der Waals surface area contributed by atoms with E-state index in [4.69, 9.17) is 9.47 Å². The Bertz CT molecular complexity index is 962. The van der Waals surface area contributed by atoms with E-state index < -0.39 is 23.4 Å². The molecule has 4 nitrogen and oxygen atoms in total. The number of carbonyl (C=O) groups is 2. The number of hydrogen-bond acceptors (Lipinski definition) is 4. The van der Waals surface area contributed by atoms with Gasteiger partial charge in [0.05, 0.1) is 5.92 Å². The van der Waals surface area contributed by atoms with E-state index in [-0.39, 0.29) is 28.4 Å². The summed E-state index contributed by atoms with van der Waals surface area (Å²) in [4.78, 5) is 24.3. The third kappa shape index (κ3) is 5.49. The molecule has 0 aromatic heterocycles. The molecule has 0 saturated heterocycles. The fraction of sp³-hybridized carbons (Fsp3) is 0.440.